The first-order valence-electron chi connectivity index (χ1n) is 32.1. The van der Waals surface area contributed by atoms with E-state index >= 15 is 14.4 Å². The maximum Gasteiger partial charge on any atom is 0.305 e. The third-order valence-electron chi connectivity index (χ3n) is 16.7. The second kappa shape index (κ2) is 37.8. The van der Waals surface area contributed by atoms with Gasteiger partial charge in [-0.1, -0.05) is 96.9 Å². The molecule has 5 N–H and O–H groups in total. The number of nitrogens with zero attached hydrogens (tertiary/aromatic N) is 7. The number of carbonyl (C=O) groups is 12. The van der Waals surface area contributed by atoms with Crippen molar-refractivity contribution in [3.8, 4) is 0 Å². The standard InChI is InChI=1S/C64H114FN11O14/c1-24-44-60(85)70(17)34-49(77)71(18)45(30-35(2)3)57(82)69-51(39(10)11)63(88)72(19)46(31-36(4)5)56(81)66-42(15)55(80)67-43(16)59(84)73(20)47(32-37(6)7)61(86)74(21)48(33-38(8)9)62(87)75(22)52(40(12)13)64(89)76(23)53(58(83)68-44)54(79)41(14)26-25-27-50(78)90-29-28-65/h35-48,51-54,79H,24-34H2,1-23H3,(H,66,81)(H,67,80)(H,68,83)(H,69,82)/t41-,42-,43+,44-,45+,46-,47+,48+,51+,52-,53+,54-/m1/s1. The van der Waals surface area contributed by atoms with E-state index < -0.39 is 175 Å². The van der Waals surface area contributed by atoms with Crippen molar-refractivity contribution in [3.63, 3.8) is 0 Å². The van der Waals surface area contributed by atoms with Crippen molar-refractivity contribution in [1.29, 1.82) is 0 Å². The van der Waals surface area contributed by atoms with Gasteiger partial charge >= 0.3 is 5.97 Å². The van der Waals surface area contributed by atoms with E-state index in [-0.39, 0.29) is 75.0 Å². The van der Waals surface area contributed by atoms with Gasteiger partial charge in [-0.15, -0.1) is 0 Å². The first kappa shape index (κ1) is 81.5. The number of nitrogens with one attached hydrogen (secondary N) is 4. The Balaban J connectivity index is 4.34. The van der Waals surface area contributed by atoms with Crippen LogP contribution in [0, 0.1) is 41.4 Å². The van der Waals surface area contributed by atoms with Crippen molar-refractivity contribution < 1.29 is 71.8 Å². The lowest BCUT2D eigenvalue weighted by Crippen LogP contribution is -2.63. The molecule has 1 heterocycles. The van der Waals surface area contributed by atoms with Gasteiger partial charge in [0, 0.05) is 55.8 Å². The summed E-state index contributed by atoms with van der Waals surface area (Å²) in [5.41, 5.74) is 0. The summed E-state index contributed by atoms with van der Waals surface area (Å²) in [7, 11) is 9.66. The highest BCUT2D eigenvalue weighted by Gasteiger charge is 2.46. The van der Waals surface area contributed by atoms with Crippen LogP contribution in [0.2, 0.25) is 0 Å². The molecule has 1 fully saturated rings. The van der Waals surface area contributed by atoms with E-state index in [9.17, 15) is 52.6 Å². The second-order valence-electron chi connectivity index (χ2n) is 27.1. The summed E-state index contributed by atoms with van der Waals surface area (Å²) < 4.78 is 17.7. The molecule has 0 bridgehead atoms. The van der Waals surface area contributed by atoms with Crippen molar-refractivity contribution in [3.05, 3.63) is 0 Å². The lowest BCUT2D eigenvalue weighted by atomic mass is 9.90. The minimum Gasteiger partial charge on any atom is -0.463 e. The topological polar surface area (TPSA) is 305 Å². The lowest BCUT2D eigenvalue weighted by Gasteiger charge is -2.41. The van der Waals surface area contributed by atoms with Gasteiger partial charge in [-0.25, -0.2) is 4.39 Å². The van der Waals surface area contributed by atoms with Crippen LogP contribution in [0.1, 0.15) is 162 Å². The van der Waals surface area contributed by atoms with Gasteiger partial charge in [0.2, 0.25) is 65.0 Å². The summed E-state index contributed by atoms with van der Waals surface area (Å²) in [5.74, 6) is -11.3. The summed E-state index contributed by atoms with van der Waals surface area (Å²) in [4.78, 5) is 181. The van der Waals surface area contributed by atoms with Gasteiger partial charge in [-0.3, -0.25) is 57.5 Å². The molecule has 12 atom stereocenters. The maximum absolute atomic E-state index is 15.2. The number of aliphatic hydroxyl groups excluding tert-OH is 1. The van der Waals surface area contributed by atoms with Crippen LogP contribution < -0.4 is 21.3 Å². The zero-order valence-corrected chi connectivity index (χ0v) is 58.4. The minimum atomic E-state index is -1.75. The third-order valence-corrected chi connectivity index (χ3v) is 16.7. The minimum absolute atomic E-state index is 0.0442. The van der Waals surface area contributed by atoms with E-state index in [1.807, 2.05) is 55.4 Å². The average Bonchev–Trinajstić information content (AvgIpc) is 1.04. The largest absolute Gasteiger partial charge is 0.463 e. The third kappa shape index (κ3) is 23.6. The number of hydrogen-bond acceptors (Lipinski definition) is 14. The van der Waals surface area contributed by atoms with Crippen molar-refractivity contribution in [1.82, 2.24) is 55.6 Å². The number of ether oxygens (including phenoxy) is 1. The number of likely N-dealkylation sites (N-methyl/N-ethyl adjacent to an activating group) is 7. The van der Waals surface area contributed by atoms with Crippen LogP contribution >= 0.6 is 0 Å². The number of rotatable bonds is 19. The maximum atomic E-state index is 15.2. The molecule has 1 saturated heterocycles. The Morgan fingerprint density at radius 3 is 1.41 bits per heavy atom. The molecule has 90 heavy (non-hydrogen) atoms. The Hall–Kier alpha value is -6.47. The molecule has 1 aliphatic heterocycles. The van der Waals surface area contributed by atoms with Crippen molar-refractivity contribution >= 4 is 70.9 Å². The molecule has 0 unspecified atom stereocenters. The summed E-state index contributed by atoms with van der Waals surface area (Å²) in [6, 6.07) is -12.9. The molecule has 0 radical (unpaired) electrons. The van der Waals surface area contributed by atoms with Gasteiger partial charge in [0.1, 0.15) is 73.7 Å². The zero-order valence-electron chi connectivity index (χ0n) is 58.4. The molecule has 0 aromatic carbocycles. The Morgan fingerprint density at radius 1 is 0.511 bits per heavy atom. The van der Waals surface area contributed by atoms with Gasteiger partial charge in [-0.05, 0) is 100 Å². The van der Waals surface area contributed by atoms with Crippen LogP contribution in [0.3, 0.4) is 0 Å². The molecule has 0 aliphatic carbocycles. The zero-order chi connectivity index (χ0) is 69.7. The Labute approximate surface area is 535 Å². The summed E-state index contributed by atoms with van der Waals surface area (Å²) >= 11 is 0. The molecule has 26 heteroatoms. The number of esters is 1. The van der Waals surface area contributed by atoms with Crippen LogP contribution in [0.5, 0.6) is 0 Å². The summed E-state index contributed by atoms with van der Waals surface area (Å²) in [5, 5.41) is 23.1. The number of alkyl halides is 1. The van der Waals surface area contributed by atoms with E-state index in [1.54, 1.807) is 41.5 Å². The number of aliphatic hydroxyl groups is 1. The average molecular weight is 1280 g/mol. The second-order valence-corrected chi connectivity index (χ2v) is 27.1. The number of hydrogen-bond donors (Lipinski definition) is 5. The van der Waals surface area contributed by atoms with Gasteiger partial charge in [0.25, 0.3) is 0 Å². The van der Waals surface area contributed by atoms with Crippen LogP contribution in [0.25, 0.3) is 0 Å². The van der Waals surface area contributed by atoms with Crippen molar-refractivity contribution in [2.75, 3.05) is 69.2 Å². The molecular weight excluding hydrogens is 1170 g/mol. The highest BCUT2D eigenvalue weighted by atomic mass is 19.1. The van der Waals surface area contributed by atoms with Crippen molar-refractivity contribution in [2.45, 2.75) is 229 Å². The predicted molar refractivity (Wildman–Crippen MR) is 340 cm³/mol. The normalized spacial score (nSPS) is 25.9. The molecule has 516 valence electrons. The number of halogens is 1. The van der Waals surface area contributed by atoms with Crippen LogP contribution in [0.4, 0.5) is 4.39 Å². The Morgan fingerprint density at radius 2 is 0.944 bits per heavy atom. The lowest BCUT2D eigenvalue weighted by molar-refractivity contribution is -0.157. The van der Waals surface area contributed by atoms with E-state index in [4.69, 9.17) is 4.74 Å². The number of carbonyl (C=O) groups excluding carboxylic acids is 12. The quantitative estimate of drug-likeness (QED) is 0.116. The summed E-state index contributed by atoms with van der Waals surface area (Å²) in [6.45, 7) is 25.7. The van der Waals surface area contributed by atoms with Gasteiger partial charge in [0.15, 0.2) is 0 Å². The van der Waals surface area contributed by atoms with E-state index in [2.05, 4.69) is 21.3 Å². The van der Waals surface area contributed by atoms with Gasteiger partial charge < -0.3 is 65.4 Å². The van der Waals surface area contributed by atoms with Crippen molar-refractivity contribution in [2.24, 2.45) is 41.4 Å². The predicted octanol–water partition coefficient (Wildman–Crippen LogP) is 2.99. The Kier molecular flexibility index (Phi) is 34.2. The molecule has 0 saturated carbocycles. The smallest absolute Gasteiger partial charge is 0.305 e. The van der Waals surface area contributed by atoms with E-state index in [0.29, 0.717) is 0 Å². The molecule has 1 aliphatic rings. The Bertz CT molecular complexity index is 2440. The fourth-order valence-electron chi connectivity index (χ4n) is 11.2. The fraction of sp³-hybridized carbons (Fsp3) is 0.812. The summed E-state index contributed by atoms with van der Waals surface area (Å²) in [6.07, 6.45) is -1.13. The molecule has 1 rings (SSSR count). The molecule has 25 nitrogen and oxygen atoms in total. The molecule has 0 aromatic heterocycles. The first-order chi connectivity index (χ1) is 41.6. The monoisotopic (exact) mass is 1280 g/mol. The highest BCUT2D eigenvalue weighted by molar-refractivity contribution is 5.99. The van der Waals surface area contributed by atoms with E-state index in [1.165, 1.54) is 87.7 Å². The van der Waals surface area contributed by atoms with Crippen LogP contribution in [-0.4, -0.2) is 246 Å². The highest BCUT2D eigenvalue weighted by Crippen LogP contribution is 2.26. The van der Waals surface area contributed by atoms with Gasteiger partial charge in [-0.2, -0.15) is 0 Å². The molecule has 0 aromatic rings. The molecule has 0 spiro atoms. The van der Waals surface area contributed by atoms with Crippen LogP contribution in [0.15, 0.2) is 0 Å². The molecule has 11 amide bonds. The van der Waals surface area contributed by atoms with Gasteiger partial charge in [0.05, 0.1) is 12.6 Å². The van der Waals surface area contributed by atoms with E-state index in [0.717, 1.165) is 9.80 Å². The molecular formula is C64H114FN11O14. The first-order valence-corrected chi connectivity index (χ1v) is 32.1. The fourth-order valence-corrected chi connectivity index (χ4v) is 11.2. The SMILES string of the molecule is CC[C@H]1NC(=O)[C@H]([C@H](O)[C@H](C)CCCC(=O)OCCF)N(C)C(=O)[C@@H](C(C)C)N(C)C(=O)[C@H](CC(C)C)N(C)C(=O)[C@H](CC(C)C)N(C)C(=O)[C@H](C)NC(=O)[C@@H](C)NC(=O)[C@@H](CC(C)C)N(C)C(=O)[C@H](C(C)C)NC(=O)[C@H](CC(C)C)N(C)C(=O)CN(C)C1=O. The van der Waals surface area contributed by atoms with Crippen LogP contribution in [-0.2, 0) is 62.3 Å². The number of amides is 11.